The summed E-state index contributed by atoms with van der Waals surface area (Å²) in [5, 5.41) is 14.0. The van der Waals surface area contributed by atoms with Crippen molar-refractivity contribution in [3.8, 4) is 5.88 Å². The van der Waals surface area contributed by atoms with E-state index in [1.54, 1.807) is 22.6 Å². The number of hydrogen-bond donors (Lipinski definition) is 1. The number of ether oxygens (including phenoxy) is 1. The molecule has 0 amide bonds. The number of aromatic nitrogens is 4. The van der Waals surface area contributed by atoms with Crippen molar-refractivity contribution in [3.05, 3.63) is 9.53 Å². The van der Waals surface area contributed by atoms with Gasteiger partial charge in [0.2, 0.25) is 11.7 Å². The molecule has 2 aromatic rings. The van der Waals surface area contributed by atoms with Crippen molar-refractivity contribution in [2.45, 2.75) is 31.7 Å². The molecular formula is C11H10F3IN4O2. The lowest BCUT2D eigenvalue weighted by atomic mass is 10.2. The van der Waals surface area contributed by atoms with Gasteiger partial charge in [-0.1, -0.05) is 0 Å². The second-order valence-corrected chi connectivity index (χ2v) is 5.64. The maximum atomic E-state index is 12.7. The summed E-state index contributed by atoms with van der Waals surface area (Å²) in [7, 11) is 0. The van der Waals surface area contributed by atoms with Gasteiger partial charge in [-0.05, 0) is 41.9 Å². The van der Waals surface area contributed by atoms with E-state index < -0.39 is 24.1 Å². The highest BCUT2D eigenvalue weighted by molar-refractivity contribution is 14.1. The normalized spacial score (nSPS) is 20.1. The highest BCUT2D eigenvalue weighted by atomic mass is 127. The van der Waals surface area contributed by atoms with Crippen molar-refractivity contribution >= 4 is 33.6 Å². The first kappa shape index (κ1) is 14.8. The summed E-state index contributed by atoms with van der Waals surface area (Å²) in [5.41, 5.74) is 0.0453. The van der Waals surface area contributed by atoms with Gasteiger partial charge in [0.25, 0.3) is 0 Å². The van der Waals surface area contributed by atoms with Crippen molar-refractivity contribution in [3.63, 3.8) is 0 Å². The molecule has 1 aliphatic rings. The smallest absolute Gasteiger partial charge is 0.451 e. The first-order chi connectivity index (χ1) is 9.88. The molecule has 1 N–H and O–H groups in total. The zero-order valence-electron chi connectivity index (χ0n) is 10.6. The van der Waals surface area contributed by atoms with Gasteiger partial charge in [-0.3, -0.25) is 0 Å². The van der Waals surface area contributed by atoms with Gasteiger partial charge >= 0.3 is 6.18 Å². The molecule has 1 saturated heterocycles. The van der Waals surface area contributed by atoms with Gasteiger partial charge in [-0.2, -0.15) is 23.3 Å². The lowest BCUT2D eigenvalue weighted by Crippen LogP contribution is -2.19. The Bertz CT molecular complexity index is 682. The zero-order valence-corrected chi connectivity index (χ0v) is 12.7. The lowest BCUT2D eigenvalue weighted by molar-refractivity contribution is -0.145. The maximum absolute atomic E-state index is 12.7. The molecule has 10 heteroatoms. The van der Waals surface area contributed by atoms with Crippen LogP contribution in [0.4, 0.5) is 13.2 Å². The Labute approximate surface area is 130 Å². The van der Waals surface area contributed by atoms with Gasteiger partial charge in [-0.15, -0.1) is 0 Å². The SMILES string of the molecule is Oc1nc(C(F)(F)F)nc2c(I)nn(C3CCCCO3)c12. The predicted octanol–water partition coefficient (Wildman–Crippen LogP) is 2.85. The third-order valence-electron chi connectivity index (χ3n) is 3.17. The first-order valence-electron chi connectivity index (χ1n) is 6.21. The van der Waals surface area contributed by atoms with Crippen LogP contribution in [0.2, 0.25) is 0 Å². The Morgan fingerprint density at radius 1 is 1.29 bits per heavy atom. The van der Waals surface area contributed by atoms with Crippen LogP contribution in [-0.4, -0.2) is 31.5 Å². The van der Waals surface area contributed by atoms with E-state index in [1.165, 1.54) is 4.68 Å². The van der Waals surface area contributed by atoms with Gasteiger partial charge in [-0.25, -0.2) is 9.67 Å². The molecule has 1 atom stereocenters. The fraction of sp³-hybridized carbons (Fsp3) is 0.545. The maximum Gasteiger partial charge on any atom is 0.451 e. The molecule has 0 bridgehead atoms. The minimum Gasteiger partial charge on any atom is -0.492 e. The molecule has 1 unspecified atom stereocenters. The molecule has 0 radical (unpaired) electrons. The quantitative estimate of drug-likeness (QED) is 0.727. The number of hydrogen-bond acceptors (Lipinski definition) is 5. The third-order valence-corrected chi connectivity index (χ3v) is 3.89. The Kier molecular flexibility index (Phi) is 3.67. The molecule has 0 spiro atoms. The summed E-state index contributed by atoms with van der Waals surface area (Å²) in [6, 6.07) is 0. The second kappa shape index (κ2) is 5.23. The van der Waals surface area contributed by atoms with Crippen molar-refractivity contribution in [1.82, 2.24) is 19.7 Å². The summed E-state index contributed by atoms with van der Waals surface area (Å²) >= 11 is 1.78. The number of aromatic hydroxyl groups is 1. The topological polar surface area (TPSA) is 73.1 Å². The standard InChI is InChI=1S/C11H10F3IN4O2/c12-11(13,14)10-16-6-7(9(20)17-10)19(18-8(6)15)5-3-1-2-4-21-5/h5H,1-4H2,(H,16,17,20). The van der Waals surface area contributed by atoms with E-state index in [9.17, 15) is 18.3 Å². The number of fused-ring (bicyclic) bond motifs is 1. The van der Waals surface area contributed by atoms with Crippen LogP contribution in [0.5, 0.6) is 5.88 Å². The van der Waals surface area contributed by atoms with Crippen molar-refractivity contribution in [2.75, 3.05) is 6.61 Å². The summed E-state index contributed by atoms with van der Waals surface area (Å²) in [6.07, 6.45) is -2.62. The number of rotatable bonds is 1. The fourth-order valence-electron chi connectivity index (χ4n) is 2.24. The molecule has 6 nitrogen and oxygen atoms in total. The summed E-state index contributed by atoms with van der Waals surface area (Å²) < 4.78 is 45.3. The van der Waals surface area contributed by atoms with Crippen molar-refractivity contribution in [1.29, 1.82) is 0 Å². The molecule has 2 aromatic heterocycles. The number of alkyl halides is 3. The van der Waals surface area contributed by atoms with Crippen LogP contribution < -0.4 is 0 Å². The molecule has 3 heterocycles. The predicted molar refractivity (Wildman–Crippen MR) is 73.5 cm³/mol. The van der Waals surface area contributed by atoms with Crippen LogP contribution in [0.1, 0.15) is 31.3 Å². The van der Waals surface area contributed by atoms with Crippen LogP contribution in [-0.2, 0) is 10.9 Å². The largest absolute Gasteiger partial charge is 0.492 e. The van der Waals surface area contributed by atoms with Crippen LogP contribution in [0, 0.1) is 3.70 Å². The van der Waals surface area contributed by atoms with E-state index in [1.807, 2.05) is 0 Å². The zero-order chi connectivity index (χ0) is 15.2. The van der Waals surface area contributed by atoms with Gasteiger partial charge in [0.15, 0.2) is 11.7 Å². The first-order valence-corrected chi connectivity index (χ1v) is 7.29. The molecule has 21 heavy (non-hydrogen) atoms. The second-order valence-electron chi connectivity index (χ2n) is 4.62. The van der Waals surface area contributed by atoms with Crippen molar-refractivity contribution < 1.29 is 23.0 Å². The van der Waals surface area contributed by atoms with E-state index in [-0.39, 0.29) is 14.7 Å². The summed E-state index contributed by atoms with van der Waals surface area (Å²) in [6.45, 7) is 0.546. The lowest BCUT2D eigenvalue weighted by Gasteiger charge is -2.23. The van der Waals surface area contributed by atoms with Gasteiger partial charge in [0.05, 0.1) is 0 Å². The monoisotopic (exact) mass is 414 g/mol. The highest BCUT2D eigenvalue weighted by Gasteiger charge is 2.37. The van der Waals surface area contributed by atoms with E-state index in [0.29, 0.717) is 13.0 Å². The third kappa shape index (κ3) is 2.65. The summed E-state index contributed by atoms with van der Waals surface area (Å²) in [5.74, 6) is -2.12. The fourth-order valence-corrected chi connectivity index (χ4v) is 2.85. The molecule has 3 rings (SSSR count). The Balaban J connectivity index is 2.16. The minimum absolute atomic E-state index is 0.0235. The molecule has 1 aliphatic heterocycles. The molecule has 114 valence electrons. The van der Waals surface area contributed by atoms with E-state index in [2.05, 4.69) is 15.1 Å². The van der Waals surface area contributed by atoms with Crippen LogP contribution in [0.15, 0.2) is 0 Å². The molecule has 0 saturated carbocycles. The summed E-state index contributed by atoms with van der Waals surface area (Å²) in [4.78, 5) is 6.62. The average molecular weight is 414 g/mol. The Morgan fingerprint density at radius 3 is 2.67 bits per heavy atom. The van der Waals surface area contributed by atoms with Crippen LogP contribution in [0.3, 0.4) is 0 Å². The Morgan fingerprint density at radius 2 is 2.05 bits per heavy atom. The van der Waals surface area contributed by atoms with Crippen LogP contribution >= 0.6 is 22.6 Å². The van der Waals surface area contributed by atoms with E-state index in [4.69, 9.17) is 4.74 Å². The molecular weight excluding hydrogens is 404 g/mol. The van der Waals surface area contributed by atoms with Gasteiger partial charge in [0, 0.05) is 6.61 Å². The molecule has 1 fully saturated rings. The van der Waals surface area contributed by atoms with Crippen molar-refractivity contribution in [2.24, 2.45) is 0 Å². The Hall–Kier alpha value is -1.17. The van der Waals surface area contributed by atoms with Crippen LogP contribution in [0.25, 0.3) is 11.0 Å². The molecule has 0 aliphatic carbocycles. The van der Waals surface area contributed by atoms with Gasteiger partial charge in [0.1, 0.15) is 9.22 Å². The number of halogens is 4. The van der Waals surface area contributed by atoms with E-state index >= 15 is 0 Å². The molecule has 0 aromatic carbocycles. The number of nitrogens with zero attached hydrogens (tertiary/aromatic N) is 4. The minimum atomic E-state index is -4.72. The van der Waals surface area contributed by atoms with E-state index in [0.717, 1.165) is 12.8 Å². The average Bonchev–Trinajstić information content (AvgIpc) is 2.77. The van der Waals surface area contributed by atoms with Gasteiger partial charge < -0.3 is 9.84 Å². The highest BCUT2D eigenvalue weighted by Crippen LogP contribution is 2.35.